The minimum absolute atomic E-state index is 0.103. The van der Waals surface area contributed by atoms with Crippen molar-refractivity contribution in [1.82, 2.24) is 19.5 Å². The molecule has 0 aliphatic carbocycles. The molecule has 16 heavy (non-hydrogen) atoms. The second-order valence-electron chi connectivity index (χ2n) is 3.61. The van der Waals surface area contributed by atoms with Gasteiger partial charge in [-0.15, -0.1) is 0 Å². The van der Waals surface area contributed by atoms with Crippen LogP contribution >= 0.6 is 0 Å². The molecule has 1 atom stereocenters. The third-order valence-electron chi connectivity index (χ3n) is 2.55. The molecule has 0 amide bonds. The van der Waals surface area contributed by atoms with Crippen LogP contribution in [0.2, 0.25) is 0 Å². The van der Waals surface area contributed by atoms with E-state index in [9.17, 15) is 0 Å². The molecule has 0 aliphatic heterocycles. The minimum atomic E-state index is -0.103. The van der Waals surface area contributed by atoms with E-state index in [1.807, 2.05) is 6.20 Å². The highest BCUT2D eigenvalue weighted by Crippen LogP contribution is 2.12. The Labute approximate surface area is 94.4 Å². The Morgan fingerprint density at radius 1 is 1.38 bits per heavy atom. The Hall–Kier alpha value is -1.75. The van der Waals surface area contributed by atoms with E-state index in [1.165, 1.54) is 6.33 Å². The summed E-state index contributed by atoms with van der Waals surface area (Å²) < 4.78 is 2.09. The maximum atomic E-state index is 6.08. The molecule has 5 heteroatoms. The van der Waals surface area contributed by atoms with Crippen LogP contribution in [-0.2, 0) is 13.0 Å². The highest BCUT2D eigenvalue weighted by Gasteiger charge is 2.10. The molecular formula is C11H15N5. The maximum absolute atomic E-state index is 6.08. The van der Waals surface area contributed by atoms with Gasteiger partial charge in [0, 0.05) is 49.4 Å². The maximum Gasteiger partial charge on any atom is 0.115 e. The lowest BCUT2D eigenvalue weighted by Gasteiger charge is -2.11. The van der Waals surface area contributed by atoms with Crippen molar-refractivity contribution in [2.45, 2.75) is 25.9 Å². The van der Waals surface area contributed by atoms with Gasteiger partial charge in [-0.05, 0) is 6.92 Å². The van der Waals surface area contributed by atoms with Gasteiger partial charge >= 0.3 is 0 Å². The standard InChI is InChI=1S/C11H15N5/c1-2-16-4-3-15-11(16)5-10(12)9-6-13-8-14-7-9/h3-4,6-8,10H,2,5,12H2,1H3. The van der Waals surface area contributed by atoms with Crippen molar-refractivity contribution >= 4 is 0 Å². The Kier molecular flexibility index (Phi) is 3.26. The SMILES string of the molecule is CCn1ccnc1CC(N)c1cncnc1. The van der Waals surface area contributed by atoms with Crippen LogP contribution < -0.4 is 5.73 Å². The van der Waals surface area contributed by atoms with Crippen LogP contribution in [0, 0.1) is 0 Å². The second-order valence-corrected chi connectivity index (χ2v) is 3.61. The summed E-state index contributed by atoms with van der Waals surface area (Å²) in [7, 11) is 0. The van der Waals surface area contributed by atoms with Gasteiger partial charge in [0.1, 0.15) is 12.2 Å². The molecule has 84 valence electrons. The molecule has 2 aromatic heterocycles. The molecule has 0 aliphatic rings. The van der Waals surface area contributed by atoms with E-state index in [2.05, 4.69) is 26.4 Å². The second kappa shape index (κ2) is 4.85. The van der Waals surface area contributed by atoms with Gasteiger partial charge in [-0.1, -0.05) is 0 Å². The average Bonchev–Trinajstić information content (AvgIpc) is 2.77. The van der Waals surface area contributed by atoms with Crippen LogP contribution in [0.1, 0.15) is 24.4 Å². The summed E-state index contributed by atoms with van der Waals surface area (Å²) >= 11 is 0. The number of hydrogen-bond donors (Lipinski definition) is 1. The molecule has 0 saturated carbocycles. The first-order valence-electron chi connectivity index (χ1n) is 5.31. The monoisotopic (exact) mass is 217 g/mol. The molecule has 0 aromatic carbocycles. The van der Waals surface area contributed by atoms with Crippen molar-refractivity contribution in [3.8, 4) is 0 Å². The van der Waals surface area contributed by atoms with Crippen LogP contribution in [0.15, 0.2) is 31.1 Å². The molecule has 1 unspecified atom stereocenters. The van der Waals surface area contributed by atoms with Crippen LogP contribution in [-0.4, -0.2) is 19.5 Å². The molecule has 0 fully saturated rings. The predicted octanol–water partition coefficient (Wildman–Crippen LogP) is 0.935. The van der Waals surface area contributed by atoms with E-state index in [0.29, 0.717) is 6.42 Å². The summed E-state index contributed by atoms with van der Waals surface area (Å²) in [6.07, 6.45) is 9.46. The molecule has 0 spiro atoms. The lowest BCUT2D eigenvalue weighted by molar-refractivity contribution is 0.625. The van der Waals surface area contributed by atoms with Crippen molar-refractivity contribution in [2.75, 3.05) is 0 Å². The number of imidazole rings is 1. The topological polar surface area (TPSA) is 69.6 Å². The molecule has 2 rings (SSSR count). The number of nitrogens with two attached hydrogens (primary N) is 1. The molecule has 0 saturated heterocycles. The lowest BCUT2D eigenvalue weighted by Crippen LogP contribution is -2.16. The van der Waals surface area contributed by atoms with Crippen LogP contribution in [0.25, 0.3) is 0 Å². The van der Waals surface area contributed by atoms with Gasteiger partial charge < -0.3 is 10.3 Å². The molecule has 0 bridgehead atoms. The number of hydrogen-bond acceptors (Lipinski definition) is 4. The molecule has 2 heterocycles. The Morgan fingerprint density at radius 2 is 2.12 bits per heavy atom. The number of aryl methyl sites for hydroxylation is 1. The largest absolute Gasteiger partial charge is 0.335 e. The van der Waals surface area contributed by atoms with E-state index < -0.39 is 0 Å². The van der Waals surface area contributed by atoms with Gasteiger partial charge in [-0.25, -0.2) is 15.0 Å². The van der Waals surface area contributed by atoms with Crippen LogP contribution in [0.5, 0.6) is 0 Å². The van der Waals surface area contributed by atoms with Gasteiger partial charge in [0.25, 0.3) is 0 Å². The van der Waals surface area contributed by atoms with Crippen molar-refractivity contribution in [3.63, 3.8) is 0 Å². The van der Waals surface area contributed by atoms with Gasteiger partial charge in [-0.2, -0.15) is 0 Å². The van der Waals surface area contributed by atoms with E-state index in [4.69, 9.17) is 5.73 Å². The van der Waals surface area contributed by atoms with Gasteiger partial charge in [0.15, 0.2) is 0 Å². The fourth-order valence-corrected chi connectivity index (χ4v) is 1.63. The summed E-state index contributed by atoms with van der Waals surface area (Å²) in [5, 5.41) is 0. The predicted molar refractivity (Wildman–Crippen MR) is 60.6 cm³/mol. The third-order valence-corrected chi connectivity index (χ3v) is 2.55. The Morgan fingerprint density at radius 3 is 2.81 bits per heavy atom. The van der Waals surface area contributed by atoms with E-state index >= 15 is 0 Å². The summed E-state index contributed by atoms with van der Waals surface area (Å²) in [6, 6.07) is -0.103. The molecule has 2 N–H and O–H groups in total. The third kappa shape index (κ3) is 2.25. The van der Waals surface area contributed by atoms with E-state index in [1.54, 1.807) is 18.6 Å². The number of rotatable bonds is 4. The van der Waals surface area contributed by atoms with Crippen molar-refractivity contribution in [2.24, 2.45) is 5.73 Å². The summed E-state index contributed by atoms with van der Waals surface area (Å²) in [5.41, 5.74) is 7.01. The van der Waals surface area contributed by atoms with Crippen LogP contribution in [0.4, 0.5) is 0 Å². The number of aromatic nitrogens is 4. The van der Waals surface area contributed by atoms with Crippen molar-refractivity contribution in [3.05, 3.63) is 42.5 Å². The first kappa shape index (κ1) is 10.8. The Bertz CT molecular complexity index is 437. The molecule has 0 radical (unpaired) electrons. The van der Waals surface area contributed by atoms with E-state index in [0.717, 1.165) is 17.9 Å². The summed E-state index contributed by atoms with van der Waals surface area (Å²) in [5.74, 6) is 0.999. The fraction of sp³-hybridized carbons (Fsp3) is 0.364. The van der Waals surface area contributed by atoms with E-state index in [-0.39, 0.29) is 6.04 Å². The zero-order chi connectivity index (χ0) is 11.4. The average molecular weight is 217 g/mol. The molecular weight excluding hydrogens is 202 g/mol. The zero-order valence-electron chi connectivity index (χ0n) is 9.24. The van der Waals surface area contributed by atoms with Crippen molar-refractivity contribution < 1.29 is 0 Å². The first-order chi connectivity index (χ1) is 7.81. The van der Waals surface area contributed by atoms with Gasteiger partial charge in [0.05, 0.1) is 0 Å². The first-order valence-corrected chi connectivity index (χ1v) is 5.31. The molecule has 5 nitrogen and oxygen atoms in total. The normalized spacial score (nSPS) is 12.6. The zero-order valence-corrected chi connectivity index (χ0v) is 9.24. The fourth-order valence-electron chi connectivity index (χ4n) is 1.63. The number of nitrogens with zero attached hydrogens (tertiary/aromatic N) is 4. The Balaban J connectivity index is 2.11. The van der Waals surface area contributed by atoms with Gasteiger partial charge in [0.2, 0.25) is 0 Å². The molecule has 2 aromatic rings. The van der Waals surface area contributed by atoms with Crippen molar-refractivity contribution in [1.29, 1.82) is 0 Å². The van der Waals surface area contributed by atoms with Crippen LogP contribution in [0.3, 0.4) is 0 Å². The quantitative estimate of drug-likeness (QED) is 0.827. The minimum Gasteiger partial charge on any atom is -0.335 e. The summed E-state index contributed by atoms with van der Waals surface area (Å²) in [4.78, 5) is 12.2. The smallest absolute Gasteiger partial charge is 0.115 e. The highest BCUT2D eigenvalue weighted by atomic mass is 15.1. The lowest BCUT2D eigenvalue weighted by atomic mass is 10.1. The summed E-state index contributed by atoms with van der Waals surface area (Å²) in [6.45, 7) is 3.00. The van der Waals surface area contributed by atoms with Gasteiger partial charge in [-0.3, -0.25) is 0 Å². The highest BCUT2D eigenvalue weighted by molar-refractivity contribution is 5.11.